The minimum atomic E-state index is -0.381. The fourth-order valence-electron chi connectivity index (χ4n) is 5.33. The number of amides is 2. The van der Waals surface area contributed by atoms with Gasteiger partial charge < -0.3 is 14.8 Å². The molecule has 0 saturated heterocycles. The average molecular weight is 653 g/mol. The van der Waals surface area contributed by atoms with Gasteiger partial charge in [-0.05, 0) is 54.3 Å². The summed E-state index contributed by atoms with van der Waals surface area (Å²) in [5.41, 5.74) is 4.10. The molecule has 234 valence electrons. The van der Waals surface area contributed by atoms with E-state index >= 15 is 0 Å². The fraction of sp³-hybridized carbons (Fsp3) is 0.206. The van der Waals surface area contributed by atoms with Gasteiger partial charge in [-0.2, -0.15) is 5.10 Å². The van der Waals surface area contributed by atoms with E-state index in [1.165, 1.54) is 11.8 Å². The number of hydrogen-bond donors (Lipinski definition) is 1. The third kappa shape index (κ3) is 6.53. The van der Waals surface area contributed by atoms with E-state index in [1.54, 1.807) is 42.7 Å². The molecule has 1 aliphatic heterocycles. The minimum absolute atomic E-state index is 0.0598. The van der Waals surface area contributed by atoms with Crippen LogP contribution in [0, 0.1) is 6.92 Å². The Balaban J connectivity index is 1.27. The molecule has 12 heteroatoms. The van der Waals surface area contributed by atoms with Crippen molar-refractivity contribution < 1.29 is 19.1 Å². The molecular weight excluding hydrogens is 621 g/mol. The first kappa shape index (κ1) is 31.1. The Hall–Kier alpha value is -4.94. The lowest BCUT2D eigenvalue weighted by molar-refractivity contribution is -0.130. The highest BCUT2D eigenvalue weighted by Crippen LogP contribution is 2.42. The number of hydrogen-bond acceptors (Lipinski definition) is 9. The van der Waals surface area contributed by atoms with Gasteiger partial charge in [0.15, 0.2) is 22.5 Å². The van der Waals surface area contributed by atoms with Gasteiger partial charge in [0.05, 0.1) is 43.1 Å². The summed E-state index contributed by atoms with van der Waals surface area (Å²) in [6, 6.07) is 26.2. The maximum absolute atomic E-state index is 14.0. The van der Waals surface area contributed by atoms with Crippen molar-refractivity contribution in [2.75, 3.05) is 20.0 Å². The Morgan fingerprint density at radius 1 is 0.978 bits per heavy atom. The zero-order valence-corrected chi connectivity index (χ0v) is 27.2. The monoisotopic (exact) mass is 652 g/mol. The molecule has 6 rings (SSSR count). The summed E-state index contributed by atoms with van der Waals surface area (Å²) >= 11 is 2.86. The highest BCUT2D eigenvalue weighted by Gasteiger charge is 2.36. The molecule has 46 heavy (non-hydrogen) atoms. The number of ether oxygens (including phenoxy) is 2. The number of aryl methyl sites for hydroxylation is 1. The molecule has 2 aromatic heterocycles. The van der Waals surface area contributed by atoms with Crippen LogP contribution in [-0.4, -0.2) is 57.3 Å². The molecule has 3 heterocycles. The van der Waals surface area contributed by atoms with Crippen LogP contribution in [0.25, 0.3) is 5.69 Å². The third-order valence-electron chi connectivity index (χ3n) is 7.49. The molecule has 0 bridgehead atoms. The first-order valence-electron chi connectivity index (χ1n) is 14.6. The van der Waals surface area contributed by atoms with E-state index in [1.807, 2.05) is 89.7 Å². The predicted molar refractivity (Wildman–Crippen MR) is 179 cm³/mol. The number of thiophene rings is 1. The number of thioether (sulfide) groups is 1. The van der Waals surface area contributed by atoms with Crippen LogP contribution >= 0.6 is 23.1 Å². The standard InChI is InChI=1S/C34H32N6O4S2/c1-22-10-7-13-24(18-22)39-30(20-35-33(42)23-11-5-4-6-12-23)36-37-34(39)46-21-31(41)40-27(19-26(38-40)29-16-9-17-45-29)25-14-8-15-28(43-2)32(25)44-3/h4-18,27H,19-21H2,1-3H3,(H,35,42). The summed E-state index contributed by atoms with van der Waals surface area (Å²) in [6.07, 6.45) is 0.533. The van der Waals surface area contributed by atoms with Gasteiger partial charge in [0.25, 0.3) is 11.8 Å². The maximum atomic E-state index is 14.0. The molecule has 10 nitrogen and oxygen atoms in total. The summed E-state index contributed by atoms with van der Waals surface area (Å²) in [7, 11) is 3.19. The summed E-state index contributed by atoms with van der Waals surface area (Å²) in [5, 5.41) is 20.7. The number of para-hydroxylation sites is 1. The lowest BCUT2D eigenvalue weighted by Gasteiger charge is -2.24. The highest BCUT2D eigenvalue weighted by molar-refractivity contribution is 7.99. The Kier molecular flexibility index (Phi) is 9.46. The number of nitrogens with one attached hydrogen (secondary N) is 1. The topological polar surface area (TPSA) is 111 Å². The van der Waals surface area contributed by atoms with Crippen molar-refractivity contribution in [2.45, 2.75) is 31.1 Å². The Labute approximate surface area is 275 Å². The minimum Gasteiger partial charge on any atom is -0.493 e. The Morgan fingerprint density at radius 3 is 2.54 bits per heavy atom. The van der Waals surface area contributed by atoms with E-state index in [9.17, 15) is 9.59 Å². The summed E-state index contributed by atoms with van der Waals surface area (Å²) in [6.45, 7) is 2.16. The van der Waals surface area contributed by atoms with Gasteiger partial charge in [-0.3, -0.25) is 14.2 Å². The lowest BCUT2D eigenvalue weighted by Crippen LogP contribution is -2.29. The second-order valence-corrected chi connectivity index (χ2v) is 12.4. The van der Waals surface area contributed by atoms with Crippen molar-refractivity contribution in [3.8, 4) is 17.2 Å². The first-order chi connectivity index (χ1) is 22.5. The molecular formula is C34H32N6O4S2. The second-order valence-electron chi connectivity index (χ2n) is 10.5. The molecule has 2 amide bonds. The number of carbonyl (C=O) groups is 2. The lowest BCUT2D eigenvalue weighted by atomic mass is 9.99. The largest absolute Gasteiger partial charge is 0.493 e. The van der Waals surface area contributed by atoms with Gasteiger partial charge in [-0.15, -0.1) is 21.5 Å². The molecule has 1 atom stereocenters. The number of rotatable bonds is 11. The molecule has 5 aromatic rings. The summed E-state index contributed by atoms with van der Waals surface area (Å²) in [5.74, 6) is 1.36. The van der Waals surface area contributed by atoms with Crippen molar-refractivity contribution in [1.82, 2.24) is 25.1 Å². The number of carbonyl (C=O) groups excluding carboxylic acids is 2. The van der Waals surface area contributed by atoms with Crippen molar-refractivity contribution in [2.24, 2.45) is 5.10 Å². The van der Waals surface area contributed by atoms with Crippen molar-refractivity contribution >= 4 is 40.6 Å². The SMILES string of the molecule is COc1cccc(C2CC(c3cccs3)=NN2C(=O)CSc2nnc(CNC(=O)c3ccccc3)n2-c2cccc(C)c2)c1OC. The summed E-state index contributed by atoms with van der Waals surface area (Å²) in [4.78, 5) is 27.8. The number of methoxy groups -OCH3 is 2. The van der Waals surface area contributed by atoms with E-state index in [0.29, 0.717) is 34.5 Å². The van der Waals surface area contributed by atoms with Crippen LogP contribution in [0.2, 0.25) is 0 Å². The van der Waals surface area contributed by atoms with E-state index < -0.39 is 0 Å². The number of hydrazone groups is 1. The van der Waals surface area contributed by atoms with Gasteiger partial charge in [0.1, 0.15) is 0 Å². The highest BCUT2D eigenvalue weighted by atomic mass is 32.2. The molecule has 1 N–H and O–H groups in total. The van der Waals surface area contributed by atoms with E-state index in [4.69, 9.17) is 14.6 Å². The van der Waals surface area contributed by atoms with Crippen LogP contribution in [0.5, 0.6) is 11.5 Å². The maximum Gasteiger partial charge on any atom is 0.253 e. The van der Waals surface area contributed by atoms with Crippen LogP contribution < -0.4 is 14.8 Å². The van der Waals surface area contributed by atoms with Crippen LogP contribution in [0.1, 0.15) is 44.6 Å². The van der Waals surface area contributed by atoms with Crippen LogP contribution in [0.15, 0.2) is 101 Å². The molecule has 1 aliphatic rings. The van der Waals surface area contributed by atoms with Gasteiger partial charge in [-0.25, -0.2) is 5.01 Å². The quantitative estimate of drug-likeness (QED) is 0.173. The zero-order chi connectivity index (χ0) is 32.0. The average Bonchev–Trinajstić information content (AvgIpc) is 3.86. The Bertz CT molecular complexity index is 1870. The molecule has 0 fully saturated rings. The van der Waals surface area contributed by atoms with Crippen LogP contribution in [-0.2, 0) is 11.3 Å². The van der Waals surface area contributed by atoms with Crippen molar-refractivity contribution in [3.63, 3.8) is 0 Å². The molecule has 0 spiro atoms. The first-order valence-corrected chi connectivity index (χ1v) is 16.4. The molecule has 1 unspecified atom stereocenters. The Morgan fingerprint density at radius 2 is 1.80 bits per heavy atom. The van der Waals surface area contributed by atoms with Gasteiger partial charge in [0, 0.05) is 23.2 Å². The molecule has 0 radical (unpaired) electrons. The van der Waals surface area contributed by atoms with E-state index in [0.717, 1.165) is 27.4 Å². The number of aromatic nitrogens is 3. The number of nitrogens with zero attached hydrogens (tertiary/aromatic N) is 5. The molecule has 0 saturated carbocycles. The van der Waals surface area contributed by atoms with E-state index in [-0.39, 0.29) is 30.2 Å². The van der Waals surface area contributed by atoms with Gasteiger partial charge >= 0.3 is 0 Å². The second kappa shape index (κ2) is 14.0. The normalized spacial score (nSPS) is 14.2. The van der Waals surface area contributed by atoms with Crippen LogP contribution in [0.4, 0.5) is 0 Å². The van der Waals surface area contributed by atoms with Gasteiger partial charge in [-0.1, -0.05) is 60.3 Å². The molecule has 3 aromatic carbocycles. The molecule has 0 aliphatic carbocycles. The van der Waals surface area contributed by atoms with Gasteiger partial charge in [0.2, 0.25) is 0 Å². The predicted octanol–water partition coefficient (Wildman–Crippen LogP) is 6.05. The zero-order valence-electron chi connectivity index (χ0n) is 25.5. The fourth-order valence-corrected chi connectivity index (χ4v) is 6.87. The van der Waals surface area contributed by atoms with Crippen LogP contribution in [0.3, 0.4) is 0 Å². The third-order valence-corrected chi connectivity index (χ3v) is 9.32. The van der Waals surface area contributed by atoms with Crippen molar-refractivity contribution in [1.29, 1.82) is 0 Å². The van der Waals surface area contributed by atoms with E-state index in [2.05, 4.69) is 15.5 Å². The smallest absolute Gasteiger partial charge is 0.253 e. The number of benzene rings is 3. The van der Waals surface area contributed by atoms with Crippen molar-refractivity contribution in [3.05, 3.63) is 118 Å². The summed E-state index contributed by atoms with van der Waals surface area (Å²) < 4.78 is 13.2.